The molecule has 0 bridgehead atoms. The fourth-order valence-corrected chi connectivity index (χ4v) is 1.03. The highest BCUT2D eigenvalue weighted by Gasteiger charge is 2.04. The smallest absolute Gasteiger partial charge is 0.220 e. The predicted molar refractivity (Wildman–Crippen MR) is 55.7 cm³/mol. The van der Waals surface area contributed by atoms with E-state index < -0.39 is 0 Å². The molecule has 3 heteroatoms. The molecule has 0 aliphatic rings. The maximum Gasteiger partial charge on any atom is 0.220 e. The third kappa shape index (κ3) is 6.58. The number of hydrogen-bond acceptors (Lipinski definition) is 2. The van der Waals surface area contributed by atoms with E-state index in [1.165, 1.54) is 0 Å². The number of nitrogens with one attached hydrogen (secondary N) is 1. The van der Waals surface area contributed by atoms with Crippen LogP contribution in [-0.2, 0) is 4.79 Å². The molecule has 1 amide bonds. The Morgan fingerprint density at radius 3 is 2.54 bits per heavy atom. The number of hydrogen-bond donors (Lipinski definition) is 1. The van der Waals surface area contributed by atoms with Crippen LogP contribution in [0.1, 0.15) is 33.6 Å². The Bertz CT molecular complexity index is 146. The lowest BCUT2D eigenvalue weighted by Gasteiger charge is -2.20. The van der Waals surface area contributed by atoms with Crippen LogP contribution >= 0.6 is 0 Å². The fraction of sp³-hybridized carbons (Fsp3) is 0.900. The van der Waals surface area contributed by atoms with Gasteiger partial charge in [-0.3, -0.25) is 4.79 Å². The Kier molecular flexibility index (Phi) is 6.59. The van der Waals surface area contributed by atoms with Gasteiger partial charge in [-0.25, -0.2) is 0 Å². The largest absolute Gasteiger partial charge is 0.356 e. The maximum absolute atomic E-state index is 11.1. The van der Waals surface area contributed by atoms with Crippen molar-refractivity contribution in [3.05, 3.63) is 0 Å². The van der Waals surface area contributed by atoms with Crippen molar-refractivity contribution in [2.45, 2.75) is 39.7 Å². The molecule has 13 heavy (non-hydrogen) atoms. The maximum atomic E-state index is 11.1. The van der Waals surface area contributed by atoms with Crippen LogP contribution in [0.15, 0.2) is 0 Å². The van der Waals surface area contributed by atoms with E-state index in [1.807, 2.05) is 6.92 Å². The Hall–Kier alpha value is -0.570. The number of carbonyl (C=O) groups excluding carboxylic acids is 1. The SMILES string of the molecule is CCNC(=O)CCCN(C)C(C)C. The van der Waals surface area contributed by atoms with Gasteiger partial charge < -0.3 is 10.2 Å². The fourth-order valence-electron chi connectivity index (χ4n) is 1.03. The quantitative estimate of drug-likeness (QED) is 0.677. The monoisotopic (exact) mass is 186 g/mol. The molecular weight excluding hydrogens is 164 g/mol. The first-order valence-corrected chi connectivity index (χ1v) is 5.04. The zero-order chi connectivity index (χ0) is 10.3. The third-order valence-corrected chi connectivity index (χ3v) is 2.17. The van der Waals surface area contributed by atoms with Crippen LogP contribution < -0.4 is 5.32 Å². The Labute approximate surface area is 81.5 Å². The number of carbonyl (C=O) groups is 1. The molecular formula is C10H22N2O. The van der Waals surface area contributed by atoms with Crippen LogP contribution in [0.25, 0.3) is 0 Å². The highest BCUT2D eigenvalue weighted by atomic mass is 16.1. The summed E-state index contributed by atoms with van der Waals surface area (Å²) >= 11 is 0. The average molecular weight is 186 g/mol. The highest BCUT2D eigenvalue weighted by Crippen LogP contribution is 1.97. The molecule has 0 aromatic carbocycles. The van der Waals surface area contributed by atoms with Crippen LogP contribution in [0.2, 0.25) is 0 Å². The van der Waals surface area contributed by atoms with Crippen molar-refractivity contribution >= 4 is 5.91 Å². The minimum atomic E-state index is 0.166. The lowest BCUT2D eigenvalue weighted by atomic mass is 10.2. The van der Waals surface area contributed by atoms with Crippen molar-refractivity contribution in [1.82, 2.24) is 10.2 Å². The second kappa shape index (κ2) is 6.89. The van der Waals surface area contributed by atoms with Gasteiger partial charge in [-0.2, -0.15) is 0 Å². The first kappa shape index (κ1) is 12.4. The first-order valence-electron chi connectivity index (χ1n) is 5.04. The standard InChI is InChI=1S/C10H22N2O/c1-5-11-10(13)7-6-8-12(4)9(2)3/h9H,5-8H2,1-4H3,(H,11,13). The molecule has 0 saturated heterocycles. The molecule has 0 heterocycles. The van der Waals surface area contributed by atoms with Crippen LogP contribution in [0.5, 0.6) is 0 Å². The van der Waals surface area contributed by atoms with Gasteiger partial charge in [0, 0.05) is 19.0 Å². The van der Waals surface area contributed by atoms with Gasteiger partial charge in [0.2, 0.25) is 5.91 Å². The van der Waals surface area contributed by atoms with Crippen molar-refractivity contribution in [2.75, 3.05) is 20.1 Å². The third-order valence-electron chi connectivity index (χ3n) is 2.17. The summed E-state index contributed by atoms with van der Waals surface area (Å²) in [6.45, 7) is 7.99. The van der Waals surface area contributed by atoms with E-state index in [0.717, 1.165) is 19.5 Å². The predicted octanol–water partition coefficient (Wildman–Crippen LogP) is 1.24. The van der Waals surface area contributed by atoms with Gasteiger partial charge in [-0.1, -0.05) is 0 Å². The van der Waals surface area contributed by atoms with E-state index in [1.54, 1.807) is 0 Å². The van der Waals surface area contributed by atoms with Crippen molar-refractivity contribution in [3.63, 3.8) is 0 Å². The second-order valence-corrected chi connectivity index (χ2v) is 3.63. The second-order valence-electron chi connectivity index (χ2n) is 3.63. The van der Waals surface area contributed by atoms with E-state index in [2.05, 4.69) is 31.1 Å². The topological polar surface area (TPSA) is 32.3 Å². The molecule has 0 aliphatic carbocycles. The van der Waals surface area contributed by atoms with Crippen LogP contribution in [0.3, 0.4) is 0 Å². The lowest BCUT2D eigenvalue weighted by molar-refractivity contribution is -0.121. The first-order chi connectivity index (χ1) is 6.07. The molecule has 0 aliphatic heterocycles. The number of rotatable bonds is 6. The van der Waals surface area contributed by atoms with Crippen molar-refractivity contribution in [2.24, 2.45) is 0 Å². The molecule has 0 radical (unpaired) electrons. The van der Waals surface area contributed by atoms with Gasteiger partial charge in [0.15, 0.2) is 0 Å². The summed E-state index contributed by atoms with van der Waals surface area (Å²) in [5, 5.41) is 2.79. The average Bonchev–Trinajstić information content (AvgIpc) is 2.04. The summed E-state index contributed by atoms with van der Waals surface area (Å²) < 4.78 is 0. The summed E-state index contributed by atoms with van der Waals surface area (Å²) in [4.78, 5) is 13.3. The molecule has 0 fully saturated rings. The van der Waals surface area contributed by atoms with Gasteiger partial charge in [-0.15, -0.1) is 0 Å². The van der Waals surface area contributed by atoms with Gasteiger partial charge in [0.25, 0.3) is 0 Å². The zero-order valence-corrected chi connectivity index (χ0v) is 9.26. The van der Waals surface area contributed by atoms with E-state index in [0.29, 0.717) is 12.5 Å². The normalized spacial score (nSPS) is 10.9. The van der Waals surface area contributed by atoms with Gasteiger partial charge in [-0.05, 0) is 40.8 Å². The molecule has 3 nitrogen and oxygen atoms in total. The van der Waals surface area contributed by atoms with E-state index in [4.69, 9.17) is 0 Å². The van der Waals surface area contributed by atoms with Crippen LogP contribution in [-0.4, -0.2) is 37.0 Å². The minimum Gasteiger partial charge on any atom is -0.356 e. The Morgan fingerprint density at radius 2 is 2.08 bits per heavy atom. The molecule has 0 atom stereocenters. The van der Waals surface area contributed by atoms with Crippen molar-refractivity contribution in [1.29, 1.82) is 0 Å². The van der Waals surface area contributed by atoms with Gasteiger partial charge in [0.1, 0.15) is 0 Å². The van der Waals surface area contributed by atoms with E-state index >= 15 is 0 Å². The Balaban J connectivity index is 3.39. The Morgan fingerprint density at radius 1 is 1.46 bits per heavy atom. The van der Waals surface area contributed by atoms with Gasteiger partial charge >= 0.3 is 0 Å². The minimum absolute atomic E-state index is 0.166. The van der Waals surface area contributed by atoms with Crippen LogP contribution in [0.4, 0.5) is 0 Å². The molecule has 0 unspecified atom stereocenters. The lowest BCUT2D eigenvalue weighted by Crippen LogP contribution is -2.29. The summed E-state index contributed by atoms with van der Waals surface area (Å²) in [5.41, 5.74) is 0. The van der Waals surface area contributed by atoms with Crippen molar-refractivity contribution in [3.8, 4) is 0 Å². The molecule has 0 saturated carbocycles. The molecule has 78 valence electrons. The molecule has 0 aromatic heterocycles. The van der Waals surface area contributed by atoms with E-state index in [-0.39, 0.29) is 5.91 Å². The molecule has 0 aromatic rings. The molecule has 0 spiro atoms. The molecule has 1 N–H and O–H groups in total. The summed E-state index contributed by atoms with van der Waals surface area (Å²) in [6.07, 6.45) is 1.59. The van der Waals surface area contributed by atoms with Crippen molar-refractivity contribution < 1.29 is 4.79 Å². The highest BCUT2D eigenvalue weighted by molar-refractivity contribution is 5.75. The number of amides is 1. The van der Waals surface area contributed by atoms with E-state index in [9.17, 15) is 4.79 Å². The van der Waals surface area contributed by atoms with Gasteiger partial charge in [0.05, 0.1) is 0 Å². The summed E-state index contributed by atoms with van der Waals surface area (Å²) in [5.74, 6) is 0.166. The summed E-state index contributed by atoms with van der Waals surface area (Å²) in [7, 11) is 2.09. The number of nitrogens with zero attached hydrogens (tertiary/aromatic N) is 1. The molecule has 0 rings (SSSR count). The van der Waals surface area contributed by atoms with Crippen LogP contribution in [0, 0.1) is 0 Å². The summed E-state index contributed by atoms with van der Waals surface area (Å²) in [6, 6.07) is 0.564. The zero-order valence-electron chi connectivity index (χ0n) is 9.26.